The van der Waals surface area contributed by atoms with Gasteiger partial charge in [-0.05, 0) is 42.5 Å². The van der Waals surface area contributed by atoms with E-state index in [1.54, 1.807) is 30.5 Å². The summed E-state index contributed by atoms with van der Waals surface area (Å²) in [6, 6.07) is 5.30. The number of carboxylic acid groups (broad SMARTS) is 2. The number of carbonyl (C=O) groups excluding carboxylic acids is 1. The van der Waals surface area contributed by atoms with Gasteiger partial charge in [-0.2, -0.15) is 4.98 Å². The van der Waals surface area contributed by atoms with Crippen LogP contribution in [-0.2, 0) is 22.4 Å². The topological polar surface area (TPSA) is 412 Å². The number of rotatable bonds is 9. The van der Waals surface area contributed by atoms with Crippen LogP contribution in [0.25, 0.3) is 11.0 Å². The Kier molecular flexibility index (Phi) is 21.6. The van der Waals surface area contributed by atoms with Crippen LogP contribution in [0.2, 0.25) is 0 Å². The van der Waals surface area contributed by atoms with E-state index in [9.17, 15) is 19.2 Å². The third-order valence-electron chi connectivity index (χ3n) is 4.80. The lowest BCUT2D eigenvalue weighted by atomic mass is 10.0. The zero-order valence-corrected chi connectivity index (χ0v) is 19.8. The van der Waals surface area contributed by atoms with Crippen LogP contribution >= 0.6 is 0 Å². The Hall–Kier alpha value is -4.43. The van der Waals surface area contributed by atoms with Crippen LogP contribution < -0.4 is 16.6 Å². The number of nitrogen functional groups attached to an aromatic ring is 1. The summed E-state index contributed by atoms with van der Waals surface area (Å²) >= 11 is 0. The zero-order chi connectivity index (χ0) is 22.5. The number of nitrogens with one attached hydrogen (secondary N) is 3. The Labute approximate surface area is 213 Å². The summed E-state index contributed by atoms with van der Waals surface area (Å²) in [5, 5.41) is 20.6. The lowest BCUT2D eigenvalue weighted by molar-refractivity contribution is -0.140. The number of aliphatic carboxylic acids is 2. The maximum absolute atomic E-state index is 12.3. The van der Waals surface area contributed by atoms with Crippen molar-refractivity contribution in [1.82, 2.24) is 20.3 Å². The van der Waals surface area contributed by atoms with Crippen LogP contribution in [0.4, 0.5) is 5.95 Å². The molecule has 2 aromatic heterocycles. The fraction of sp³-hybridized carbons (Fsp3) is 0.250. The predicted octanol–water partition coefficient (Wildman–Crippen LogP) is -5.11. The maximum atomic E-state index is 12.3. The van der Waals surface area contributed by atoms with E-state index in [1.165, 1.54) is 0 Å². The molecule has 0 bridgehead atoms. The number of benzene rings is 1. The standard InChI is InChI=1S/C20H21N5O6.7H2O/c21-20-24-16-15(18(29)25-20)12(9-22-16)6-3-10-1-4-11(5-2-10)17(28)23-13(19(30)31)7-8-14(26)27;;;;;;;/h1-2,4-5,9,13H,3,6-8H2,(H,23,28)(H,26,27)(H,30,31)(H4,21,22,24,25,29);7*1H2/t13-;;;;;;;/m0......./s1. The van der Waals surface area contributed by atoms with Crippen LogP contribution in [0.15, 0.2) is 35.3 Å². The molecule has 21 N–H and O–H groups in total. The highest BCUT2D eigenvalue weighted by molar-refractivity contribution is 5.96. The highest BCUT2D eigenvalue weighted by Crippen LogP contribution is 2.16. The number of anilines is 1. The summed E-state index contributed by atoms with van der Waals surface area (Å²) in [5.74, 6) is -3.00. The first-order valence-corrected chi connectivity index (χ1v) is 9.44. The number of aryl methyl sites for hydroxylation is 2. The van der Waals surface area contributed by atoms with E-state index in [-0.39, 0.29) is 62.7 Å². The second-order valence-electron chi connectivity index (χ2n) is 6.98. The van der Waals surface area contributed by atoms with Gasteiger partial charge in [0.15, 0.2) is 0 Å². The fourth-order valence-electron chi connectivity index (χ4n) is 3.19. The van der Waals surface area contributed by atoms with Gasteiger partial charge in [0, 0.05) is 18.2 Å². The molecule has 0 aliphatic heterocycles. The van der Waals surface area contributed by atoms with E-state index in [0.29, 0.717) is 23.9 Å². The SMILES string of the molecule is Nc1nc(=O)c2c(CCc3ccc(C(=O)N[C@@H](CCC(=O)O)C(=O)O)cc3)c[nH]c2[nH]1.O.O.O.O.O.O.O. The van der Waals surface area contributed by atoms with Gasteiger partial charge in [-0.1, -0.05) is 12.1 Å². The number of carboxylic acids is 2. The molecule has 1 atom stereocenters. The molecule has 218 valence electrons. The lowest BCUT2D eigenvalue weighted by Crippen LogP contribution is -2.41. The average Bonchev–Trinajstić information content (AvgIpc) is 3.12. The van der Waals surface area contributed by atoms with Gasteiger partial charge in [-0.25, -0.2) is 4.79 Å². The molecule has 0 spiro atoms. The molecule has 1 aromatic carbocycles. The number of amides is 1. The third-order valence-corrected chi connectivity index (χ3v) is 4.80. The summed E-state index contributed by atoms with van der Waals surface area (Å²) in [6.07, 6.45) is 2.29. The van der Waals surface area contributed by atoms with Crippen molar-refractivity contribution in [3.8, 4) is 0 Å². The van der Waals surface area contributed by atoms with E-state index in [1.807, 2.05) is 0 Å². The fourth-order valence-corrected chi connectivity index (χ4v) is 3.19. The summed E-state index contributed by atoms with van der Waals surface area (Å²) in [7, 11) is 0. The van der Waals surface area contributed by atoms with Gasteiger partial charge in [-0.3, -0.25) is 14.4 Å². The van der Waals surface area contributed by atoms with Gasteiger partial charge >= 0.3 is 11.9 Å². The van der Waals surface area contributed by atoms with E-state index in [2.05, 4.69) is 20.3 Å². The Balaban J connectivity index is -0.000000519. The molecule has 0 aliphatic carbocycles. The molecule has 1 amide bonds. The minimum atomic E-state index is -1.30. The molecule has 18 heteroatoms. The second kappa shape index (κ2) is 18.8. The second-order valence-corrected chi connectivity index (χ2v) is 6.98. The zero-order valence-electron chi connectivity index (χ0n) is 19.8. The minimum Gasteiger partial charge on any atom is -0.481 e. The van der Waals surface area contributed by atoms with Crippen LogP contribution in [0, 0.1) is 0 Å². The van der Waals surface area contributed by atoms with Crippen molar-refractivity contribution in [2.75, 3.05) is 5.73 Å². The molecular formula is C20H35N5O13. The molecule has 0 saturated carbocycles. The van der Waals surface area contributed by atoms with Crippen LogP contribution in [0.1, 0.15) is 34.3 Å². The van der Waals surface area contributed by atoms with Gasteiger partial charge in [0.05, 0.1) is 5.39 Å². The number of hydrogen-bond donors (Lipinski definition) is 6. The first-order chi connectivity index (χ1) is 14.7. The molecule has 18 nitrogen and oxygen atoms in total. The van der Waals surface area contributed by atoms with E-state index < -0.39 is 29.4 Å². The Morgan fingerprint density at radius 1 is 0.947 bits per heavy atom. The number of nitrogens with zero attached hydrogens (tertiary/aromatic N) is 1. The normalized spacial score (nSPS) is 9.68. The van der Waals surface area contributed by atoms with Crippen molar-refractivity contribution in [3.05, 3.63) is 57.5 Å². The highest BCUT2D eigenvalue weighted by atomic mass is 16.4. The van der Waals surface area contributed by atoms with Gasteiger partial charge in [-0.15, -0.1) is 0 Å². The van der Waals surface area contributed by atoms with Crippen molar-refractivity contribution in [2.24, 2.45) is 0 Å². The van der Waals surface area contributed by atoms with Crippen LogP contribution in [0.3, 0.4) is 0 Å². The molecule has 38 heavy (non-hydrogen) atoms. The largest absolute Gasteiger partial charge is 0.481 e. The number of carbonyl (C=O) groups is 3. The summed E-state index contributed by atoms with van der Waals surface area (Å²) < 4.78 is 0. The number of fused-ring (bicyclic) bond motifs is 1. The molecule has 0 fully saturated rings. The van der Waals surface area contributed by atoms with Crippen molar-refractivity contribution in [2.45, 2.75) is 31.7 Å². The highest BCUT2D eigenvalue weighted by Gasteiger charge is 2.21. The Morgan fingerprint density at radius 3 is 2.05 bits per heavy atom. The average molecular weight is 554 g/mol. The third kappa shape index (κ3) is 10.7. The monoisotopic (exact) mass is 553 g/mol. The molecular weight excluding hydrogens is 518 g/mol. The van der Waals surface area contributed by atoms with Crippen molar-refractivity contribution in [1.29, 1.82) is 0 Å². The quantitative estimate of drug-likeness (QED) is 0.148. The number of H-pyrrole nitrogens is 2. The number of aromatic nitrogens is 3. The van der Waals surface area contributed by atoms with Crippen LogP contribution in [-0.4, -0.2) is 87.4 Å². The number of hydrogen-bond acceptors (Lipinski definition) is 6. The van der Waals surface area contributed by atoms with E-state index in [4.69, 9.17) is 15.9 Å². The van der Waals surface area contributed by atoms with Crippen molar-refractivity contribution in [3.63, 3.8) is 0 Å². The predicted molar refractivity (Wildman–Crippen MR) is 136 cm³/mol. The molecule has 0 saturated heterocycles. The van der Waals surface area contributed by atoms with Crippen LogP contribution in [0.5, 0.6) is 0 Å². The molecule has 3 rings (SSSR count). The Morgan fingerprint density at radius 2 is 1.53 bits per heavy atom. The summed E-state index contributed by atoms with van der Waals surface area (Å²) in [4.78, 5) is 55.7. The maximum Gasteiger partial charge on any atom is 0.326 e. The van der Waals surface area contributed by atoms with Gasteiger partial charge in [0.2, 0.25) is 5.95 Å². The smallest absolute Gasteiger partial charge is 0.326 e. The van der Waals surface area contributed by atoms with Gasteiger partial charge < -0.3 is 69.6 Å². The van der Waals surface area contributed by atoms with E-state index >= 15 is 0 Å². The lowest BCUT2D eigenvalue weighted by Gasteiger charge is -2.13. The molecule has 0 unspecified atom stereocenters. The van der Waals surface area contributed by atoms with Crippen molar-refractivity contribution >= 4 is 34.8 Å². The van der Waals surface area contributed by atoms with Gasteiger partial charge in [0.1, 0.15) is 11.7 Å². The molecule has 2 heterocycles. The van der Waals surface area contributed by atoms with Crippen molar-refractivity contribution < 1.29 is 62.9 Å². The summed E-state index contributed by atoms with van der Waals surface area (Å²) in [5.41, 5.74) is 7.59. The van der Waals surface area contributed by atoms with E-state index in [0.717, 1.165) is 11.1 Å². The molecule has 3 aromatic rings. The number of aromatic amines is 2. The first kappa shape index (κ1) is 43.6. The minimum absolute atomic E-state index is 0. The number of nitrogens with two attached hydrogens (primary N) is 1. The van der Waals surface area contributed by atoms with Gasteiger partial charge in [0.25, 0.3) is 11.5 Å². The summed E-state index contributed by atoms with van der Waals surface area (Å²) in [6.45, 7) is 0. The molecule has 0 aliphatic rings. The molecule has 0 radical (unpaired) electrons. The Bertz CT molecular complexity index is 1190. The first-order valence-electron chi connectivity index (χ1n) is 9.44.